The summed E-state index contributed by atoms with van der Waals surface area (Å²) >= 11 is 0. The number of hydrogen-bond acceptors (Lipinski definition) is 2. The van der Waals surface area contributed by atoms with Crippen LogP contribution in [0.25, 0.3) is 0 Å². The van der Waals surface area contributed by atoms with Crippen LogP contribution < -0.4 is 16.0 Å². The number of aryl methyl sites for hydroxylation is 1. The summed E-state index contributed by atoms with van der Waals surface area (Å²) in [6, 6.07) is 7.91. The molecule has 0 unspecified atom stereocenters. The van der Waals surface area contributed by atoms with E-state index in [-0.39, 0.29) is 11.9 Å². The molecule has 0 heterocycles. The van der Waals surface area contributed by atoms with Gasteiger partial charge in [-0.25, -0.2) is 4.79 Å². The van der Waals surface area contributed by atoms with Crippen LogP contribution in [0.2, 0.25) is 0 Å². The van der Waals surface area contributed by atoms with Crippen LogP contribution in [0.15, 0.2) is 24.3 Å². The van der Waals surface area contributed by atoms with Crippen LogP contribution in [-0.2, 0) is 11.2 Å². The van der Waals surface area contributed by atoms with Crippen LogP contribution in [0.1, 0.15) is 18.1 Å². The van der Waals surface area contributed by atoms with Crippen molar-refractivity contribution in [1.29, 1.82) is 0 Å². The molecule has 0 aliphatic heterocycles. The zero-order chi connectivity index (χ0) is 14.1. The monoisotopic (exact) mass is 263 g/mol. The smallest absolute Gasteiger partial charge is 0.314 e. The Balaban J connectivity index is 2.14. The maximum absolute atomic E-state index is 11.4. The van der Waals surface area contributed by atoms with Crippen LogP contribution in [0.3, 0.4) is 0 Å². The minimum Gasteiger partial charge on any atom is -0.355 e. The Kier molecular flexibility index (Phi) is 6.43. The third-order valence-electron chi connectivity index (χ3n) is 2.73. The van der Waals surface area contributed by atoms with Gasteiger partial charge in [-0.15, -0.1) is 0 Å². The summed E-state index contributed by atoms with van der Waals surface area (Å²) in [5.74, 6) is -0.0956. The molecule has 0 radical (unpaired) electrons. The van der Waals surface area contributed by atoms with Crippen molar-refractivity contribution in [3.05, 3.63) is 35.4 Å². The fourth-order valence-corrected chi connectivity index (χ4v) is 1.68. The summed E-state index contributed by atoms with van der Waals surface area (Å²) < 4.78 is 0. The van der Waals surface area contributed by atoms with Crippen molar-refractivity contribution in [1.82, 2.24) is 16.0 Å². The minimum atomic E-state index is -0.209. The SMILES string of the molecule is CC(=O)NCCNC(=O)NCCc1ccccc1C. The largest absolute Gasteiger partial charge is 0.355 e. The van der Waals surface area contributed by atoms with E-state index >= 15 is 0 Å². The molecule has 0 atom stereocenters. The molecule has 3 amide bonds. The average Bonchev–Trinajstić information content (AvgIpc) is 2.37. The van der Waals surface area contributed by atoms with E-state index in [0.29, 0.717) is 19.6 Å². The normalized spacial score (nSPS) is 9.79. The molecular weight excluding hydrogens is 242 g/mol. The molecule has 5 heteroatoms. The maximum atomic E-state index is 11.4. The highest BCUT2D eigenvalue weighted by Gasteiger charge is 2.00. The molecule has 0 aliphatic carbocycles. The highest BCUT2D eigenvalue weighted by Crippen LogP contribution is 2.06. The van der Waals surface area contributed by atoms with Gasteiger partial charge in [-0.1, -0.05) is 24.3 Å². The van der Waals surface area contributed by atoms with E-state index in [1.807, 2.05) is 12.1 Å². The highest BCUT2D eigenvalue weighted by molar-refractivity contribution is 5.74. The van der Waals surface area contributed by atoms with Crippen molar-refractivity contribution in [3.8, 4) is 0 Å². The lowest BCUT2D eigenvalue weighted by Gasteiger charge is -2.09. The second-order valence-corrected chi connectivity index (χ2v) is 4.34. The number of nitrogens with one attached hydrogen (secondary N) is 3. The summed E-state index contributed by atoms with van der Waals surface area (Å²) in [5.41, 5.74) is 2.47. The van der Waals surface area contributed by atoms with Crippen LogP contribution in [0, 0.1) is 6.92 Å². The zero-order valence-corrected chi connectivity index (χ0v) is 11.5. The van der Waals surface area contributed by atoms with Crippen molar-refractivity contribution in [2.45, 2.75) is 20.3 Å². The van der Waals surface area contributed by atoms with Gasteiger partial charge in [0.05, 0.1) is 0 Å². The van der Waals surface area contributed by atoms with Gasteiger partial charge in [0, 0.05) is 26.6 Å². The topological polar surface area (TPSA) is 70.2 Å². The van der Waals surface area contributed by atoms with Crippen molar-refractivity contribution < 1.29 is 9.59 Å². The van der Waals surface area contributed by atoms with Crippen LogP contribution in [0.4, 0.5) is 4.79 Å². The molecule has 0 aromatic heterocycles. The van der Waals surface area contributed by atoms with Gasteiger partial charge >= 0.3 is 6.03 Å². The van der Waals surface area contributed by atoms with Gasteiger partial charge in [-0.3, -0.25) is 4.79 Å². The molecule has 1 rings (SSSR count). The molecule has 1 aromatic carbocycles. The third-order valence-corrected chi connectivity index (χ3v) is 2.73. The lowest BCUT2D eigenvalue weighted by molar-refractivity contribution is -0.118. The number of rotatable bonds is 6. The molecule has 19 heavy (non-hydrogen) atoms. The van der Waals surface area contributed by atoms with E-state index in [1.54, 1.807) is 0 Å². The van der Waals surface area contributed by atoms with Gasteiger partial charge in [0.1, 0.15) is 0 Å². The molecule has 104 valence electrons. The molecule has 3 N–H and O–H groups in total. The quantitative estimate of drug-likeness (QED) is 0.669. The molecule has 0 saturated carbocycles. The Labute approximate surface area is 113 Å². The molecular formula is C14H21N3O2. The number of urea groups is 1. The van der Waals surface area contributed by atoms with E-state index in [9.17, 15) is 9.59 Å². The summed E-state index contributed by atoms with van der Waals surface area (Å²) in [6.07, 6.45) is 0.811. The maximum Gasteiger partial charge on any atom is 0.314 e. The standard InChI is InChI=1S/C14H21N3O2/c1-11-5-3-4-6-13(11)7-8-16-14(19)17-10-9-15-12(2)18/h3-6H,7-10H2,1-2H3,(H,15,18)(H2,16,17,19). The van der Waals surface area contributed by atoms with E-state index in [0.717, 1.165) is 6.42 Å². The van der Waals surface area contributed by atoms with Crippen molar-refractivity contribution in [3.63, 3.8) is 0 Å². The highest BCUT2D eigenvalue weighted by atomic mass is 16.2. The molecule has 0 aliphatic rings. The first kappa shape index (κ1) is 15.0. The molecule has 0 saturated heterocycles. The molecule has 1 aromatic rings. The molecule has 0 fully saturated rings. The number of carbonyl (C=O) groups is 2. The number of amides is 3. The van der Waals surface area contributed by atoms with E-state index in [1.165, 1.54) is 18.1 Å². The summed E-state index contributed by atoms with van der Waals surface area (Å²) in [5, 5.41) is 8.07. The van der Waals surface area contributed by atoms with E-state index in [4.69, 9.17) is 0 Å². The average molecular weight is 263 g/mol. The Hall–Kier alpha value is -2.04. The lowest BCUT2D eigenvalue weighted by Crippen LogP contribution is -2.40. The fourth-order valence-electron chi connectivity index (χ4n) is 1.68. The first-order chi connectivity index (χ1) is 9.09. The zero-order valence-electron chi connectivity index (χ0n) is 11.5. The predicted molar refractivity (Wildman–Crippen MR) is 75.0 cm³/mol. The minimum absolute atomic E-state index is 0.0956. The van der Waals surface area contributed by atoms with Gasteiger partial charge in [-0.2, -0.15) is 0 Å². The van der Waals surface area contributed by atoms with Crippen molar-refractivity contribution in [2.75, 3.05) is 19.6 Å². The molecule has 0 bridgehead atoms. The van der Waals surface area contributed by atoms with E-state index in [2.05, 4.69) is 35.0 Å². The summed E-state index contributed by atoms with van der Waals surface area (Å²) in [7, 11) is 0. The lowest BCUT2D eigenvalue weighted by atomic mass is 10.1. The van der Waals surface area contributed by atoms with Gasteiger partial charge in [-0.05, 0) is 24.5 Å². The van der Waals surface area contributed by atoms with Crippen LogP contribution in [-0.4, -0.2) is 31.6 Å². The van der Waals surface area contributed by atoms with Crippen molar-refractivity contribution >= 4 is 11.9 Å². The summed E-state index contributed by atoms with van der Waals surface area (Å²) in [4.78, 5) is 22.0. The van der Waals surface area contributed by atoms with E-state index < -0.39 is 0 Å². The third kappa shape index (κ3) is 6.45. The van der Waals surface area contributed by atoms with Crippen LogP contribution in [0.5, 0.6) is 0 Å². The van der Waals surface area contributed by atoms with Crippen LogP contribution >= 0.6 is 0 Å². The van der Waals surface area contributed by atoms with Gasteiger partial charge in [0.2, 0.25) is 5.91 Å². The Morgan fingerprint density at radius 3 is 2.32 bits per heavy atom. The molecule has 5 nitrogen and oxygen atoms in total. The Bertz CT molecular complexity index is 432. The number of benzene rings is 1. The van der Waals surface area contributed by atoms with Gasteiger partial charge in [0.25, 0.3) is 0 Å². The van der Waals surface area contributed by atoms with Crippen molar-refractivity contribution in [2.24, 2.45) is 0 Å². The number of hydrogen-bond donors (Lipinski definition) is 3. The second kappa shape index (κ2) is 8.13. The Morgan fingerprint density at radius 2 is 1.63 bits per heavy atom. The van der Waals surface area contributed by atoms with Gasteiger partial charge < -0.3 is 16.0 Å². The molecule has 0 spiro atoms. The first-order valence-electron chi connectivity index (χ1n) is 6.40. The number of carbonyl (C=O) groups excluding carboxylic acids is 2. The second-order valence-electron chi connectivity index (χ2n) is 4.34. The summed E-state index contributed by atoms with van der Waals surface area (Å²) in [6.45, 7) is 4.97. The first-order valence-corrected chi connectivity index (χ1v) is 6.40. The fraction of sp³-hybridized carbons (Fsp3) is 0.429. The Morgan fingerprint density at radius 1 is 1.00 bits per heavy atom. The predicted octanol–water partition coefficient (Wildman–Crippen LogP) is 0.973. The van der Waals surface area contributed by atoms with Gasteiger partial charge in [0.15, 0.2) is 0 Å².